The number of fused-ring (bicyclic) bond motifs is 1. The van der Waals surface area contributed by atoms with E-state index in [1.165, 1.54) is 0 Å². The lowest BCUT2D eigenvalue weighted by atomic mass is 9.95. The molecular weight excluding hydrogens is 342 g/mol. The van der Waals surface area contributed by atoms with Crippen molar-refractivity contribution in [2.75, 3.05) is 0 Å². The van der Waals surface area contributed by atoms with Crippen molar-refractivity contribution in [1.29, 1.82) is 0 Å². The summed E-state index contributed by atoms with van der Waals surface area (Å²) in [6.45, 7) is 5.84. The molecule has 3 heterocycles. The molecule has 4 rings (SSSR count). The third kappa shape index (κ3) is 3.38. The zero-order valence-corrected chi connectivity index (χ0v) is 15.4. The topological polar surface area (TPSA) is 74.2 Å². The van der Waals surface area contributed by atoms with Crippen LogP contribution in [0.5, 0.6) is 17.4 Å². The Hall–Kier alpha value is -3.28. The Morgan fingerprint density at radius 2 is 2.04 bits per heavy atom. The Bertz CT molecular complexity index is 1020. The van der Waals surface area contributed by atoms with E-state index in [-0.39, 0.29) is 11.9 Å². The number of aromatic nitrogens is 3. The predicted octanol–water partition coefficient (Wildman–Crippen LogP) is 4.36. The number of carbonyl (C=O) groups excluding carboxylic acids is 1. The molecule has 6 nitrogen and oxygen atoms in total. The summed E-state index contributed by atoms with van der Waals surface area (Å²) in [5, 5.41) is 0. The molecule has 3 aromatic rings. The summed E-state index contributed by atoms with van der Waals surface area (Å²) in [5.41, 5.74) is 3.51. The van der Waals surface area contributed by atoms with E-state index in [4.69, 9.17) is 9.47 Å². The highest BCUT2D eigenvalue weighted by Crippen LogP contribution is 2.37. The standard InChI is InChI=1S/C21H19N3O3/c1-12-9-19(25)27-18-10-16(6-7-17(12)18)26-21-13(2)14(3)23-20(24-21)15-5-4-8-22-11-15/h4-8,10-12H,9H2,1-3H3. The van der Waals surface area contributed by atoms with Crippen molar-refractivity contribution < 1.29 is 14.3 Å². The number of ether oxygens (including phenoxy) is 2. The van der Waals surface area contributed by atoms with Crippen LogP contribution in [0, 0.1) is 13.8 Å². The van der Waals surface area contributed by atoms with Crippen molar-refractivity contribution in [3.63, 3.8) is 0 Å². The van der Waals surface area contributed by atoms with Gasteiger partial charge in [-0.25, -0.2) is 4.98 Å². The lowest BCUT2D eigenvalue weighted by molar-refractivity contribution is -0.135. The van der Waals surface area contributed by atoms with Crippen molar-refractivity contribution in [1.82, 2.24) is 15.0 Å². The highest BCUT2D eigenvalue weighted by atomic mass is 16.5. The minimum absolute atomic E-state index is 0.135. The smallest absolute Gasteiger partial charge is 0.311 e. The summed E-state index contributed by atoms with van der Waals surface area (Å²) >= 11 is 0. The molecule has 0 radical (unpaired) electrons. The Labute approximate surface area is 157 Å². The second-order valence-corrected chi connectivity index (χ2v) is 6.69. The maximum Gasteiger partial charge on any atom is 0.311 e. The molecule has 0 spiro atoms. The fourth-order valence-electron chi connectivity index (χ4n) is 3.04. The number of pyridine rings is 1. The lowest BCUT2D eigenvalue weighted by Crippen LogP contribution is -2.18. The molecule has 6 heteroatoms. The van der Waals surface area contributed by atoms with Gasteiger partial charge in [0.2, 0.25) is 5.88 Å². The average Bonchev–Trinajstić information content (AvgIpc) is 2.65. The second-order valence-electron chi connectivity index (χ2n) is 6.69. The summed E-state index contributed by atoms with van der Waals surface area (Å²) in [4.78, 5) is 24.9. The first-order valence-corrected chi connectivity index (χ1v) is 8.79. The van der Waals surface area contributed by atoms with Crippen LogP contribution in [0.15, 0.2) is 42.7 Å². The molecule has 0 N–H and O–H groups in total. The minimum Gasteiger partial charge on any atom is -0.438 e. The lowest BCUT2D eigenvalue weighted by Gasteiger charge is -2.22. The van der Waals surface area contributed by atoms with Gasteiger partial charge in [-0.3, -0.25) is 9.78 Å². The molecule has 27 heavy (non-hydrogen) atoms. The normalized spacial score (nSPS) is 15.8. The van der Waals surface area contributed by atoms with E-state index in [1.807, 2.05) is 45.0 Å². The van der Waals surface area contributed by atoms with Crippen LogP contribution in [0.3, 0.4) is 0 Å². The molecular formula is C21H19N3O3. The number of hydrogen-bond donors (Lipinski definition) is 0. The van der Waals surface area contributed by atoms with Crippen LogP contribution >= 0.6 is 0 Å². The SMILES string of the molecule is Cc1nc(-c2cccnc2)nc(Oc2ccc3c(c2)OC(=O)CC3C)c1C. The van der Waals surface area contributed by atoms with Gasteiger partial charge in [0.25, 0.3) is 0 Å². The van der Waals surface area contributed by atoms with Gasteiger partial charge in [-0.1, -0.05) is 13.0 Å². The van der Waals surface area contributed by atoms with Gasteiger partial charge in [-0.2, -0.15) is 4.98 Å². The molecule has 1 unspecified atom stereocenters. The van der Waals surface area contributed by atoms with Gasteiger partial charge in [0.1, 0.15) is 11.5 Å². The van der Waals surface area contributed by atoms with Crippen LogP contribution in [-0.4, -0.2) is 20.9 Å². The van der Waals surface area contributed by atoms with Gasteiger partial charge in [0.05, 0.1) is 6.42 Å². The van der Waals surface area contributed by atoms with Crippen LogP contribution in [0.2, 0.25) is 0 Å². The van der Waals surface area contributed by atoms with E-state index in [1.54, 1.807) is 18.5 Å². The third-order valence-electron chi connectivity index (χ3n) is 4.69. The third-order valence-corrected chi connectivity index (χ3v) is 4.69. The first kappa shape index (κ1) is 17.1. The number of rotatable bonds is 3. The largest absolute Gasteiger partial charge is 0.438 e. The van der Waals surface area contributed by atoms with Crippen LogP contribution in [0.1, 0.15) is 36.1 Å². The van der Waals surface area contributed by atoms with Crippen LogP contribution in [0.4, 0.5) is 0 Å². The molecule has 136 valence electrons. The van der Waals surface area contributed by atoms with Gasteiger partial charge in [0.15, 0.2) is 5.82 Å². The maximum absolute atomic E-state index is 11.7. The number of hydrogen-bond acceptors (Lipinski definition) is 6. The molecule has 0 aliphatic carbocycles. The monoisotopic (exact) mass is 361 g/mol. The molecule has 0 bridgehead atoms. The number of carbonyl (C=O) groups is 1. The Morgan fingerprint density at radius 3 is 2.81 bits per heavy atom. The molecule has 0 fully saturated rings. The predicted molar refractivity (Wildman–Crippen MR) is 99.9 cm³/mol. The quantitative estimate of drug-likeness (QED) is 0.510. The van der Waals surface area contributed by atoms with Crippen molar-refractivity contribution in [2.45, 2.75) is 33.1 Å². The number of nitrogens with zero attached hydrogens (tertiary/aromatic N) is 3. The molecule has 1 aliphatic heterocycles. The molecule has 1 atom stereocenters. The van der Waals surface area contributed by atoms with Crippen LogP contribution in [0.25, 0.3) is 11.4 Å². The second kappa shape index (κ2) is 6.79. The molecule has 0 saturated heterocycles. The fourth-order valence-corrected chi connectivity index (χ4v) is 3.04. The van der Waals surface area contributed by atoms with Crippen molar-refractivity contribution >= 4 is 5.97 Å². The Balaban J connectivity index is 1.70. The number of aryl methyl sites for hydroxylation is 1. The van der Waals surface area contributed by atoms with E-state index >= 15 is 0 Å². The molecule has 2 aromatic heterocycles. The molecule has 1 aliphatic rings. The Morgan fingerprint density at radius 1 is 1.19 bits per heavy atom. The number of esters is 1. The summed E-state index contributed by atoms with van der Waals surface area (Å²) in [6.07, 6.45) is 3.82. The minimum atomic E-state index is -0.222. The van der Waals surface area contributed by atoms with E-state index < -0.39 is 0 Å². The molecule has 0 amide bonds. The fraction of sp³-hybridized carbons (Fsp3) is 0.238. The van der Waals surface area contributed by atoms with Gasteiger partial charge < -0.3 is 9.47 Å². The van der Waals surface area contributed by atoms with Crippen LogP contribution < -0.4 is 9.47 Å². The number of benzene rings is 1. The van der Waals surface area contributed by atoms with Gasteiger partial charge in [-0.05, 0) is 43.5 Å². The first-order chi connectivity index (χ1) is 13.0. The average molecular weight is 361 g/mol. The van der Waals surface area contributed by atoms with Crippen LogP contribution in [-0.2, 0) is 4.79 Å². The van der Waals surface area contributed by atoms with Crippen molar-refractivity contribution in [3.05, 3.63) is 59.5 Å². The highest BCUT2D eigenvalue weighted by molar-refractivity contribution is 5.76. The van der Waals surface area contributed by atoms with Crippen molar-refractivity contribution in [2.24, 2.45) is 0 Å². The zero-order valence-electron chi connectivity index (χ0n) is 15.4. The summed E-state index contributed by atoms with van der Waals surface area (Å²) in [7, 11) is 0. The summed E-state index contributed by atoms with van der Waals surface area (Å²) in [6, 6.07) is 9.29. The Kier molecular flexibility index (Phi) is 4.32. The van der Waals surface area contributed by atoms with Gasteiger partial charge >= 0.3 is 5.97 Å². The van der Waals surface area contributed by atoms with Crippen molar-refractivity contribution in [3.8, 4) is 28.8 Å². The van der Waals surface area contributed by atoms with E-state index in [0.29, 0.717) is 29.6 Å². The first-order valence-electron chi connectivity index (χ1n) is 8.79. The summed E-state index contributed by atoms with van der Waals surface area (Å²) < 4.78 is 11.4. The van der Waals surface area contributed by atoms with Gasteiger partial charge in [-0.15, -0.1) is 0 Å². The highest BCUT2D eigenvalue weighted by Gasteiger charge is 2.24. The zero-order chi connectivity index (χ0) is 19.0. The van der Waals surface area contributed by atoms with E-state index in [0.717, 1.165) is 22.4 Å². The molecule has 0 saturated carbocycles. The maximum atomic E-state index is 11.7. The van der Waals surface area contributed by atoms with Gasteiger partial charge in [0, 0.05) is 35.3 Å². The summed E-state index contributed by atoms with van der Waals surface area (Å²) in [5.74, 6) is 2.05. The molecule has 1 aromatic carbocycles. The van der Waals surface area contributed by atoms with E-state index in [9.17, 15) is 4.79 Å². The van der Waals surface area contributed by atoms with E-state index in [2.05, 4.69) is 15.0 Å².